The fourth-order valence-corrected chi connectivity index (χ4v) is 1.89. The highest BCUT2D eigenvalue weighted by Crippen LogP contribution is 2.20. The lowest BCUT2D eigenvalue weighted by Gasteiger charge is -2.34. The predicted molar refractivity (Wildman–Crippen MR) is 68.1 cm³/mol. The maximum Gasteiger partial charge on any atom is 0.101 e. The molecule has 1 aromatic carbocycles. The molecule has 1 heterocycles. The fourth-order valence-electron chi connectivity index (χ4n) is 1.89. The first-order valence-electron chi connectivity index (χ1n) is 5.24. The van der Waals surface area contributed by atoms with Crippen LogP contribution in [0, 0.1) is 11.3 Å². The van der Waals surface area contributed by atoms with Crippen molar-refractivity contribution in [2.45, 2.75) is 0 Å². The van der Waals surface area contributed by atoms with E-state index in [0.29, 0.717) is 0 Å². The average Bonchev–Trinajstić information content (AvgIpc) is 2.30. The average molecular weight is 238 g/mol. The Morgan fingerprint density at radius 1 is 1.12 bits per heavy atom. The van der Waals surface area contributed by atoms with Gasteiger partial charge in [-0.25, -0.2) is 0 Å². The van der Waals surface area contributed by atoms with Gasteiger partial charge in [0.05, 0.1) is 11.3 Å². The number of anilines is 1. The first-order chi connectivity index (χ1) is 7.31. The maximum absolute atomic E-state index is 9.01. The Balaban J connectivity index is 0.00000128. The molecule has 1 aromatic rings. The van der Waals surface area contributed by atoms with Crippen molar-refractivity contribution in [3.63, 3.8) is 0 Å². The molecule has 16 heavy (non-hydrogen) atoms. The largest absolute Gasteiger partial charge is 0.368 e. The molecule has 2 rings (SSSR count). The molecule has 0 bridgehead atoms. The van der Waals surface area contributed by atoms with Crippen LogP contribution in [0.3, 0.4) is 0 Å². The third kappa shape index (κ3) is 2.66. The molecule has 4 heteroatoms. The number of likely N-dealkylation sites (N-methyl/N-ethyl adjacent to an activating group) is 1. The van der Waals surface area contributed by atoms with Gasteiger partial charge in [-0.1, -0.05) is 12.1 Å². The molecule has 86 valence electrons. The lowest BCUT2D eigenvalue weighted by atomic mass is 10.1. The molecule has 0 unspecified atom stereocenters. The molecule has 1 saturated heterocycles. The van der Waals surface area contributed by atoms with Gasteiger partial charge in [0.2, 0.25) is 0 Å². The number of nitriles is 1. The van der Waals surface area contributed by atoms with Gasteiger partial charge in [0.1, 0.15) is 6.07 Å². The molecule has 0 amide bonds. The number of hydrogen-bond acceptors (Lipinski definition) is 3. The minimum atomic E-state index is 0. The zero-order valence-electron chi connectivity index (χ0n) is 9.39. The Kier molecular flexibility index (Phi) is 4.60. The van der Waals surface area contributed by atoms with Gasteiger partial charge in [-0.3, -0.25) is 0 Å². The van der Waals surface area contributed by atoms with E-state index in [9.17, 15) is 0 Å². The summed E-state index contributed by atoms with van der Waals surface area (Å²) < 4.78 is 0. The normalized spacial score (nSPS) is 16.4. The van der Waals surface area contributed by atoms with Gasteiger partial charge in [0, 0.05) is 26.2 Å². The summed E-state index contributed by atoms with van der Waals surface area (Å²) >= 11 is 0. The first-order valence-corrected chi connectivity index (χ1v) is 5.24. The quantitative estimate of drug-likeness (QED) is 0.745. The number of para-hydroxylation sites is 1. The third-order valence-electron chi connectivity index (χ3n) is 2.87. The van der Waals surface area contributed by atoms with Crippen molar-refractivity contribution in [2.24, 2.45) is 0 Å². The highest BCUT2D eigenvalue weighted by atomic mass is 35.5. The van der Waals surface area contributed by atoms with Crippen LogP contribution in [0.2, 0.25) is 0 Å². The van der Waals surface area contributed by atoms with E-state index in [-0.39, 0.29) is 12.4 Å². The van der Waals surface area contributed by atoms with Crippen LogP contribution < -0.4 is 4.90 Å². The van der Waals surface area contributed by atoms with E-state index < -0.39 is 0 Å². The lowest BCUT2D eigenvalue weighted by molar-refractivity contribution is 0.313. The highest BCUT2D eigenvalue weighted by molar-refractivity contribution is 5.85. The van der Waals surface area contributed by atoms with Gasteiger partial charge in [0.15, 0.2) is 0 Å². The monoisotopic (exact) mass is 237 g/mol. The summed E-state index contributed by atoms with van der Waals surface area (Å²) in [5.41, 5.74) is 1.86. The molecular weight excluding hydrogens is 222 g/mol. The van der Waals surface area contributed by atoms with Gasteiger partial charge >= 0.3 is 0 Å². The second kappa shape index (κ2) is 5.74. The SMILES string of the molecule is CN1CCN(c2ccccc2C#N)CC1.Cl. The van der Waals surface area contributed by atoms with Crippen LogP contribution >= 0.6 is 12.4 Å². The Labute approximate surface area is 103 Å². The number of rotatable bonds is 1. The van der Waals surface area contributed by atoms with Crippen LogP contribution in [-0.2, 0) is 0 Å². The van der Waals surface area contributed by atoms with E-state index in [1.165, 1.54) is 0 Å². The summed E-state index contributed by atoms with van der Waals surface area (Å²) in [6, 6.07) is 10.1. The number of nitrogens with zero attached hydrogens (tertiary/aromatic N) is 3. The zero-order valence-corrected chi connectivity index (χ0v) is 10.2. The summed E-state index contributed by atoms with van der Waals surface area (Å²) in [7, 11) is 2.13. The Bertz CT molecular complexity index is 378. The predicted octanol–water partition coefficient (Wildman–Crippen LogP) is 1.73. The van der Waals surface area contributed by atoms with Crippen molar-refractivity contribution >= 4 is 18.1 Å². The van der Waals surface area contributed by atoms with E-state index in [1.807, 2.05) is 24.3 Å². The molecular formula is C12H16ClN3. The van der Waals surface area contributed by atoms with Crippen molar-refractivity contribution in [1.29, 1.82) is 5.26 Å². The van der Waals surface area contributed by atoms with Crippen LogP contribution in [0.15, 0.2) is 24.3 Å². The smallest absolute Gasteiger partial charge is 0.101 e. The van der Waals surface area contributed by atoms with Crippen molar-refractivity contribution in [2.75, 3.05) is 38.1 Å². The van der Waals surface area contributed by atoms with Gasteiger partial charge in [-0.15, -0.1) is 12.4 Å². The van der Waals surface area contributed by atoms with Crippen LogP contribution in [-0.4, -0.2) is 38.1 Å². The zero-order chi connectivity index (χ0) is 10.7. The van der Waals surface area contributed by atoms with E-state index in [1.54, 1.807) is 0 Å². The molecule has 0 atom stereocenters. The molecule has 0 aromatic heterocycles. The van der Waals surface area contributed by atoms with Crippen molar-refractivity contribution in [3.8, 4) is 6.07 Å². The third-order valence-corrected chi connectivity index (χ3v) is 2.87. The van der Waals surface area contributed by atoms with E-state index in [2.05, 4.69) is 22.9 Å². The Hall–Kier alpha value is -1.24. The molecule has 1 aliphatic rings. The van der Waals surface area contributed by atoms with Crippen LogP contribution in [0.1, 0.15) is 5.56 Å². The number of hydrogen-bond donors (Lipinski definition) is 0. The van der Waals surface area contributed by atoms with Gasteiger partial charge < -0.3 is 9.80 Å². The second-order valence-electron chi connectivity index (χ2n) is 3.92. The van der Waals surface area contributed by atoms with Crippen LogP contribution in [0.25, 0.3) is 0 Å². The summed E-state index contributed by atoms with van der Waals surface area (Å²) in [6.07, 6.45) is 0. The van der Waals surface area contributed by atoms with E-state index in [0.717, 1.165) is 37.4 Å². The lowest BCUT2D eigenvalue weighted by Crippen LogP contribution is -2.44. The summed E-state index contributed by atoms with van der Waals surface area (Å²) in [5.74, 6) is 0. The molecule has 0 N–H and O–H groups in total. The van der Waals surface area contributed by atoms with Crippen molar-refractivity contribution < 1.29 is 0 Å². The molecule has 1 aliphatic heterocycles. The molecule has 0 aliphatic carbocycles. The standard InChI is InChI=1S/C12H15N3.ClH/c1-14-6-8-15(9-7-14)12-5-3-2-4-11(12)10-13;/h2-5H,6-9H2,1H3;1H. The summed E-state index contributed by atoms with van der Waals surface area (Å²) in [6.45, 7) is 4.16. The molecule has 0 saturated carbocycles. The van der Waals surface area contributed by atoms with Crippen LogP contribution in [0.4, 0.5) is 5.69 Å². The second-order valence-corrected chi connectivity index (χ2v) is 3.92. The van der Waals surface area contributed by atoms with Crippen LogP contribution in [0.5, 0.6) is 0 Å². The fraction of sp³-hybridized carbons (Fsp3) is 0.417. The highest BCUT2D eigenvalue weighted by Gasteiger charge is 2.16. The Morgan fingerprint density at radius 3 is 2.38 bits per heavy atom. The molecule has 3 nitrogen and oxygen atoms in total. The summed E-state index contributed by atoms with van der Waals surface area (Å²) in [5, 5.41) is 9.01. The summed E-state index contributed by atoms with van der Waals surface area (Å²) in [4.78, 5) is 4.60. The van der Waals surface area contributed by atoms with Gasteiger partial charge in [-0.2, -0.15) is 5.26 Å². The minimum Gasteiger partial charge on any atom is -0.368 e. The molecule has 1 fully saturated rings. The molecule has 0 spiro atoms. The number of halogens is 1. The number of piperazine rings is 1. The minimum absolute atomic E-state index is 0. The van der Waals surface area contributed by atoms with E-state index >= 15 is 0 Å². The van der Waals surface area contributed by atoms with Crippen molar-refractivity contribution in [1.82, 2.24) is 4.90 Å². The van der Waals surface area contributed by atoms with Gasteiger partial charge in [0.25, 0.3) is 0 Å². The number of benzene rings is 1. The Morgan fingerprint density at radius 2 is 1.75 bits per heavy atom. The van der Waals surface area contributed by atoms with Gasteiger partial charge in [-0.05, 0) is 19.2 Å². The maximum atomic E-state index is 9.01. The molecule has 0 radical (unpaired) electrons. The van der Waals surface area contributed by atoms with E-state index in [4.69, 9.17) is 5.26 Å². The topological polar surface area (TPSA) is 30.3 Å². The first kappa shape index (κ1) is 12.8. The van der Waals surface area contributed by atoms with Crippen molar-refractivity contribution in [3.05, 3.63) is 29.8 Å².